The summed E-state index contributed by atoms with van der Waals surface area (Å²) in [5.74, 6) is -1.28. The number of benzene rings is 2. The van der Waals surface area contributed by atoms with Crippen molar-refractivity contribution in [3.63, 3.8) is 0 Å². The lowest BCUT2D eigenvalue weighted by Gasteiger charge is -2.26. The first kappa shape index (κ1) is 20.9. The van der Waals surface area contributed by atoms with Gasteiger partial charge in [0.25, 0.3) is 0 Å². The predicted molar refractivity (Wildman–Crippen MR) is 117 cm³/mol. The molecule has 0 saturated heterocycles. The molecule has 2 N–H and O–H groups in total. The van der Waals surface area contributed by atoms with Crippen LogP contribution in [0.2, 0.25) is 0 Å². The fourth-order valence-electron chi connectivity index (χ4n) is 3.67. The van der Waals surface area contributed by atoms with Gasteiger partial charge in [0.2, 0.25) is 0 Å². The van der Waals surface area contributed by atoms with E-state index in [1.165, 1.54) is 11.3 Å². The number of nitrogens with zero attached hydrogens (tertiary/aromatic N) is 2. The number of nitrogens with one attached hydrogen (secondary N) is 2. The van der Waals surface area contributed by atoms with Crippen LogP contribution in [0.1, 0.15) is 28.3 Å². The molecule has 29 heavy (non-hydrogen) atoms. The van der Waals surface area contributed by atoms with Crippen LogP contribution in [-0.4, -0.2) is 50.9 Å². The Bertz CT molecular complexity index is 923. The van der Waals surface area contributed by atoms with Crippen molar-refractivity contribution in [3.05, 3.63) is 58.7 Å². The normalized spacial score (nSPS) is 13.9. The minimum absolute atomic E-state index is 0.00965. The lowest BCUT2D eigenvalue weighted by molar-refractivity contribution is -0.136. The second-order valence-electron chi connectivity index (χ2n) is 8.00. The Balaban J connectivity index is 1.63. The van der Waals surface area contributed by atoms with Crippen LogP contribution in [-0.2, 0) is 16.0 Å². The topological polar surface area (TPSA) is 64.7 Å². The molecular weight excluding hydrogens is 364 g/mol. The summed E-state index contributed by atoms with van der Waals surface area (Å²) < 4.78 is 0. The van der Waals surface area contributed by atoms with E-state index in [-0.39, 0.29) is 6.04 Å². The molecule has 0 bridgehead atoms. The van der Waals surface area contributed by atoms with E-state index in [4.69, 9.17) is 0 Å². The summed E-state index contributed by atoms with van der Waals surface area (Å²) in [6.07, 6.45) is 1.03. The molecule has 154 valence electrons. The maximum absolute atomic E-state index is 12.3. The molecule has 1 heterocycles. The maximum Gasteiger partial charge on any atom is 0.313 e. The van der Waals surface area contributed by atoms with Gasteiger partial charge in [-0.1, -0.05) is 18.2 Å². The summed E-state index contributed by atoms with van der Waals surface area (Å²) in [5.41, 5.74) is 6.57. The lowest BCUT2D eigenvalue weighted by atomic mass is 10.0. The fourth-order valence-corrected chi connectivity index (χ4v) is 3.67. The molecule has 3 rings (SSSR count). The van der Waals surface area contributed by atoms with Gasteiger partial charge in [0, 0.05) is 31.5 Å². The van der Waals surface area contributed by atoms with Crippen molar-refractivity contribution in [2.45, 2.75) is 26.3 Å². The highest BCUT2D eigenvalue weighted by Crippen LogP contribution is 2.30. The number of hydrogen-bond acceptors (Lipinski definition) is 4. The van der Waals surface area contributed by atoms with Gasteiger partial charge >= 0.3 is 11.8 Å². The molecule has 1 unspecified atom stereocenters. The number of carbonyl (C=O) groups excluding carboxylic acids is 2. The van der Waals surface area contributed by atoms with Crippen LogP contribution in [0.4, 0.5) is 11.4 Å². The molecule has 0 spiro atoms. The quantitative estimate of drug-likeness (QED) is 0.766. The second kappa shape index (κ2) is 8.66. The molecule has 0 aromatic heterocycles. The van der Waals surface area contributed by atoms with Gasteiger partial charge in [0.1, 0.15) is 0 Å². The van der Waals surface area contributed by atoms with Crippen molar-refractivity contribution in [1.29, 1.82) is 0 Å². The van der Waals surface area contributed by atoms with Gasteiger partial charge in [-0.2, -0.15) is 0 Å². The molecule has 1 atom stereocenters. The van der Waals surface area contributed by atoms with Gasteiger partial charge in [0.05, 0.1) is 6.04 Å². The smallest absolute Gasteiger partial charge is 0.313 e. The maximum atomic E-state index is 12.3. The molecule has 6 nitrogen and oxygen atoms in total. The third-order valence-corrected chi connectivity index (χ3v) is 5.67. The molecule has 1 aliphatic rings. The SMILES string of the molecule is Cc1ccc(NC(=O)C(=O)NCC(c2ccc3c(c2)CCN3C)N(C)C)cc1C. The molecule has 0 radical (unpaired) electrons. The Labute approximate surface area is 172 Å². The molecule has 2 aromatic rings. The zero-order chi connectivity index (χ0) is 21.1. The van der Waals surface area contributed by atoms with E-state index in [0.29, 0.717) is 12.2 Å². The van der Waals surface area contributed by atoms with Crippen molar-refractivity contribution < 1.29 is 9.59 Å². The van der Waals surface area contributed by atoms with Crippen molar-refractivity contribution in [1.82, 2.24) is 10.2 Å². The number of aryl methyl sites for hydroxylation is 2. The third-order valence-electron chi connectivity index (χ3n) is 5.67. The van der Waals surface area contributed by atoms with Crippen LogP contribution < -0.4 is 15.5 Å². The van der Waals surface area contributed by atoms with Crippen molar-refractivity contribution in [3.8, 4) is 0 Å². The number of amides is 2. The van der Waals surface area contributed by atoms with E-state index in [0.717, 1.165) is 29.7 Å². The van der Waals surface area contributed by atoms with Crippen LogP contribution in [0.5, 0.6) is 0 Å². The first-order valence-electron chi connectivity index (χ1n) is 9.93. The van der Waals surface area contributed by atoms with E-state index >= 15 is 0 Å². The largest absolute Gasteiger partial charge is 0.374 e. The first-order chi connectivity index (χ1) is 13.8. The van der Waals surface area contributed by atoms with Gasteiger partial charge in [0.15, 0.2) is 0 Å². The van der Waals surface area contributed by atoms with Crippen LogP contribution in [0.25, 0.3) is 0 Å². The molecule has 0 aliphatic carbocycles. The van der Waals surface area contributed by atoms with Gasteiger partial charge < -0.3 is 20.4 Å². The van der Waals surface area contributed by atoms with E-state index in [1.54, 1.807) is 6.07 Å². The van der Waals surface area contributed by atoms with Gasteiger partial charge in [-0.25, -0.2) is 0 Å². The summed E-state index contributed by atoms with van der Waals surface area (Å²) in [6.45, 7) is 5.37. The Kier molecular flexibility index (Phi) is 6.23. The summed E-state index contributed by atoms with van der Waals surface area (Å²) in [5, 5.41) is 5.45. The number of fused-ring (bicyclic) bond motifs is 1. The minimum Gasteiger partial charge on any atom is -0.374 e. The second-order valence-corrected chi connectivity index (χ2v) is 8.00. The standard InChI is InChI=1S/C23H30N4O2/c1-15-6-8-19(12-16(15)2)25-23(29)22(28)24-14-21(26(3)4)17-7-9-20-18(13-17)10-11-27(20)5/h6-9,12-13,21H,10-11,14H2,1-5H3,(H,24,28)(H,25,29). The van der Waals surface area contributed by atoms with Crippen molar-refractivity contribution in [2.75, 3.05) is 44.4 Å². The summed E-state index contributed by atoms with van der Waals surface area (Å²) in [4.78, 5) is 28.9. The molecule has 0 saturated carbocycles. The summed E-state index contributed by atoms with van der Waals surface area (Å²) in [6, 6.07) is 12.0. The monoisotopic (exact) mass is 394 g/mol. The van der Waals surface area contributed by atoms with Crippen molar-refractivity contribution in [2.24, 2.45) is 0 Å². The zero-order valence-corrected chi connectivity index (χ0v) is 17.9. The number of hydrogen-bond donors (Lipinski definition) is 2. The Morgan fingerprint density at radius 2 is 1.83 bits per heavy atom. The number of carbonyl (C=O) groups is 2. The van der Waals surface area contributed by atoms with Crippen molar-refractivity contribution >= 4 is 23.2 Å². The molecular formula is C23H30N4O2. The summed E-state index contributed by atoms with van der Waals surface area (Å²) >= 11 is 0. The Morgan fingerprint density at radius 3 is 2.52 bits per heavy atom. The van der Waals surface area contributed by atoms with E-state index in [9.17, 15) is 9.59 Å². The van der Waals surface area contributed by atoms with Gasteiger partial charge in [-0.05, 0) is 74.8 Å². The van der Waals surface area contributed by atoms with Gasteiger partial charge in [-0.3, -0.25) is 9.59 Å². The minimum atomic E-state index is -0.652. The molecule has 1 aliphatic heterocycles. The first-order valence-corrected chi connectivity index (χ1v) is 9.93. The van der Waals surface area contributed by atoms with Crippen LogP contribution in [0.15, 0.2) is 36.4 Å². The fraction of sp³-hybridized carbons (Fsp3) is 0.391. The van der Waals surface area contributed by atoms with E-state index in [2.05, 4.69) is 45.7 Å². The number of rotatable bonds is 5. The highest BCUT2D eigenvalue weighted by Gasteiger charge is 2.22. The third kappa shape index (κ3) is 4.77. The van der Waals surface area contributed by atoms with Gasteiger partial charge in [-0.15, -0.1) is 0 Å². The Hall–Kier alpha value is -2.86. The average Bonchev–Trinajstić information content (AvgIpc) is 3.05. The molecule has 0 fully saturated rings. The molecule has 2 amide bonds. The molecule has 6 heteroatoms. The summed E-state index contributed by atoms with van der Waals surface area (Å²) in [7, 11) is 6.06. The zero-order valence-electron chi connectivity index (χ0n) is 17.9. The highest BCUT2D eigenvalue weighted by molar-refractivity contribution is 6.39. The number of anilines is 2. The number of likely N-dealkylation sites (N-methyl/N-ethyl adjacent to an activating group) is 2. The van der Waals surface area contributed by atoms with Crippen LogP contribution in [0.3, 0.4) is 0 Å². The highest BCUT2D eigenvalue weighted by atomic mass is 16.2. The predicted octanol–water partition coefficient (Wildman–Crippen LogP) is 2.65. The lowest BCUT2D eigenvalue weighted by Crippen LogP contribution is -2.40. The van der Waals surface area contributed by atoms with E-state index in [1.807, 2.05) is 40.1 Å². The Morgan fingerprint density at radius 1 is 1.07 bits per heavy atom. The average molecular weight is 395 g/mol. The van der Waals surface area contributed by atoms with Crippen LogP contribution >= 0.6 is 0 Å². The van der Waals surface area contributed by atoms with Crippen LogP contribution in [0, 0.1) is 13.8 Å². The molecule has 2 aromatic carbocycles. The van der Waals surface area contributed by atoms with E-state index < -0.39 is 11.8 Å².